The number of hydrogen-bond donors (Lipinski definition) is 0. The second kappa shape index (κ2) is 6.84. The second-order valence-corrected chi connectivity index (χ2v) is 11.8. The number of allylic oxidation sites excluding steroid dienone is 2. The number of carbonyl (C=O) groups is 3. The topological polar surface area (TPSA) is 54.5 Å². The number of rotatable bonds is 2. The van der Waals surface area contributed by atoms with Gasteiger partial charge >= 0.3 is 0 Å². The van der Waals surface area contributed by atoms with Gasteiger partial charge in [-0.2, -0.15) is 0 Å². The van der Waals surface area contributed by atoms with E-state index in [4.69, 9.17) is 0 Å². The van der Waals surface area contributed by atoms with E-state index in [0.717, 1.165) is 6.42 Å². The van der Waals surface area contributed by atoms with Gasteiger partial charge in [-0.1, -0.05) is 60.3 Å². The summed E-state index contributed by atoms with van der Waals surface area (Å²) in [5, 5.41) is 0.516. The zero-order chi connectivity index (χ0) is 21.6. The van der Waals surface area contributed by atoms with Crippen molar-refractivity contribution < 1.29 is 14.4 Å². The van der Waals surface area contributed by atoms with Crippen LogP contribution < -0.4 is 4.90 Å². The molecule has 3 aliphatic heterocycles. The Hall–Kier alpha value is -2.31. The molecule has 160 valence electrons. The molecule has 2 aromatic rings. The Morgan fingerprint density at radius 2 is 1.47 bits per heavy atom. The maximum Gasteiger partial charge on any atom is 0.238 e. The van der Waals surface area contributed by atoms with Gasteiger partial charge in [0.15, 0.2) is 5.12 Å². The minimum Gasteiger partial charge on any atom is -0.286 e. The van der Waals surface area contributed by atoms with E-state index in [9.17, 15) is 14.4 Å². The first-order valence-electron chi connectivity index (χ1n) is 11.2. The van der Waals surface area contributed by atoms with Crippen LogP contribution in [0.4, 0.5) is 5.69 Å². The van der Waals surface area contributed by atoms with Crippen LogP contribution in [-0.2, 0) is 14.4 Å². The average molecular weight is 460 g/mol. The number of benzene rings is 2. The van der Waals surface area contributed by atoms with Crippen LogP contribution in [0.25, 0.3) is 0 Å². The Labute approximate surface area is 194 Å². The van der Waals surface area contributed by atoms with Crippen molar-refractivity contribution in [2.24, 2.45) is 29.6 Å². The van der Waals surface area contributed by atoms with E-state index in [1.54, 1.807) is 0 Å². The number of fused-ring (bicyclic) bond motifs is 8. The number of para-hydroxylation sites is 1. The highest BCUT2D eigenvalue weighted by Gasteiger charge is 2.69. The smallest absolute Gasteiger partial charge is 0.238 e. The molecule has 7 rings (SSSR count). The van der Waals surface area contributed by atoms with Crippen LogP contribution in [0.1, 0.15) is 24.3 Å². The van der Waals surface area contributed by atoms with Gasteiger partial charge in [0.2, 0.25) is 11.8 Å². The molecule has 2 aliphatic carbocycles. The summed E-state index contributed by atoms with van der Waals surface area (Å²) < 4.78 is 0. The molecule has 2 aromatic carbocycles. The normalized spacial score (nSPS) is 37.2. The zero-order valence-electron chi connectivity index (χ0n) is 17.2. The van der Waals surface area contributed by atoms with E-state index >= 15 is 0 Å². The minimum atomic E-state index is -0.231. The van der Waals surface area contributed by atoms with E-state index in [0.29, 0.717) is 23.3 Å². The van der Waals surface area contributed by atoms with Gasteiger partial charge < -0.3 is 0 Å². The number of hydrogen-bond acceptors (Lipinski definition) is 5. The predicted molar refractivity (Wildman–Crippen MR) is 126 cm³/mol. The first kappa shape index (κ1) is 19.2. The number of nitrogens with zero attached hydrogens (tertiary/aromatic N) is 1. The van der Waals surface area contributed by atoms with E-state index in [2.05, 4.69) is 24.3 Å². The molecule has 2 saturated carbocycles. The van der Waals surface area contributed by atoms with Crippen molar-refractivity contribution in [2.45, 2.75) is 24.0 Å². The Morgan fingerprint density at radius 3 is 2.19 bits per heavy atom. The molecule has 4 nitrogen and oxygen atoms in total. The van der Waals surface area contributed by atoms with Crippen LogP contribution in [-0.4, -0.2) is 22.2 Å². The van der Waals surface area contributed by atoms with Gasteiger partial charge in [-0.3, -0.25) is 19.3 Å². The monoisotopic (exact) mass is 459 g/mol. The fraction of sp³-hybridized carbons (Fsp3) is 0.346. The standard InChI is InChI=1S/C26H21NO3S2/c28-18-12-17-24(32-18)19(13-7-3-1-4-8-13)20-15-11-16(23(20)31-17)22-21(15)25(29)27(26(22)30)14-9-5-2-6-10-14/h1-10,15-16,19-23H,11-12H2/t15-,16-,19-,20-,21+,22-,23-/m1/s1. The molecule has 7 atom stereocenters. The zero-order valence-corrected chi connectivity index (χ0v) is 18.9. The van der Waals surface area contributed by atoms with E-state index in [1.165, 1.54) is 32.0 Å². The summed E-state index contributed by atoms with van der Waals surface area (Å²) in [7, 11) is 0. The molecule has 1 saturated heterocycles. The minimum absolute atomic E-state index is 0.0225. The fourth-order valence-electron chi connectivity index (χ4n) is 7.06. The summed E-state index contributed by atoms with van der Waals surface area (Å²) >= 11 is 3.25. The molecule has 6 heteroatoms. The molecule has 32 heavy (non-hydrogen) atoms. The van der Waals surface area contributed by atoms with Crippen LogP contribution in [0.5, 0.6) is 0 Å². The Bertz CT molecular complexity index is 1190. The highest BCUT2D eigenvalue weighted by Crippen LogP contribution is 2.70. The summed E-state index contributed by atoms with van der Waals surface area (Å²) in [6.07, 6.45) is 1.45. The summed E-state index contributed by atoms with van der Waals surface area (Å²) in [6, 6.07) is 19.8. The highest BCUT2D eigenvalue weighted by molar-refractivity contribution is 8.18. The number of amides is 2. The maximum absolute atomic E-state index is 13.6. The van der Waals surface area contributed by atoms with Crippen molar-refractivity contribution in [3.63, 3.8) is 0 Å². The van der Waals surface area contributed by atoms with Crippen LogP contribution in [0, 0.1) is 29.6 Å². The predicted octanol–water partition coefficient (Wildman–Crippen LogP) is 4.83. The quantitative estimate of drug-likeness (QED) is 0.602. The Morgan fingerprint density at radius 1 is 0.812 bits per heavy atom. The van der Waals surface area contributed by atoms with Gasteiger partial charge in [0.1, 0.15) is 0 Å². The molecule has 2 amide bonds. The number of anilines is 1. The summed E-state index contributed by atoms with van der Waals surface area (Å²) in [6.45, 7) is 0. The van der Waals surface area contributed by atoms with Crippen molar-refractivity contribution >= 4 is 46.1 Å². The van der Waals surface area contributed by atoms with Crippen LogP contribution in [0.15, 0.2) is 70.5 Å². The molecule has 5 aliphatic rings. The van der Waals surface area contributed by atoms with Crippen LogP contribution >= 0.6 is 23.5 Å². The van der Waals surface area contributed by atoms with Gasteiger partial charge in [0.25, 0.3) is 0 Å². The molecule has 0 N–H and O–H groups in total. The largest absolute Gasteiger partial charge is 0.286 e. The van der Waals surface area contributed by atoms with Gasteiger partial charge in [-0.25, -0.2) is 0 Å². The van der Waals surface area contributed by atoms with Gasteiger partial charge in [-0.05, 0) is 41.9 Å². The fourth-order valence-corrected chi connectivity index (χ4v) is 10.2. The van der Waals surface area contributed by atoms with E-state index in [1.807, 2.05) is 48.2 Å². The van der Waals surface area contributed by atoms with Crippen molar-refractivity contribution in [3.8, 4) is 0 Å². The van der Waals surface area contributed by atoms with E-state index in [-0.39, 0.29) is 46.5 Å². The lowest BCUT2D eigenvalue weighted by Crippen LogP contribution is -2.42. The third kappa shape index (κ3) is 2.45. The lowest BCUT2D eigenvalue weighted by Gasteiger charge is -2.44. The Balaban J connectivity index is 1.32. The second-order valence-electron chi connectivity index (χ2n) is 9.45. The van der Waals surface area contributed by atoms with Crippen molar-refractivity contribution in [3.05, 3.63) is 76.0 Å². The van der Waals surface area contributed by atoms with Gasteiger partial charge in [0.05, 0.1) is 17.5 Å². The van der Waals surface area contributed by atoms with Gasteiger partial charge in [0, 0.05) is 27.4 Å². The average Bonchev–Trinajstić information content (AvgIpc) is 3.53. The molecule has 0 spiro atoms. The summed E-state index contributed by atoms with van der Waals surface area (Å²) in [4.78, 5) is 43.4. The maximum atomic E-state index is 13.6. The first-order chi connectivity index (χ1) is 15.6. The Kier molecular flexibility index (Phi) is 4.10. The summed E-state index contributed by atoms with van der Waals surface area (Å²) in [5.74, 6) is 0.329. The van der Waals surface area contributed by atoms with Crippen LogP contribution in [0.2, 0.25) is 0 Å². The lowest BCUT2D eigenvalue weighted by molar-refractivity contribution is -0.123. The third-order valence-electron chi connectivity index (χ3n) is 8.08. The molecule has 3 heterocycles. The molecule has 2 bridgehead atoms. The van der Waals surface area contributed by atoms with Crippen molar-refractivity contribution in [2.75, 3.05) is 4.90 Å². The molecular weight excluding hydrogens is 438 g/mol. The summed E-state index contributed by atoms with van der Waals surface area (Å²) in [5.41, 5.74) is 1.92. The molecule has 3 fully saturated rings. The number of thioether (sulfide) groups is 2. The SMILES string of the molecule is O=C1CC2=C(S1)[C@H](c1ccccc1)[C@H]1[C@H]3C[C@@H]([C@H]1S2)[C@H]1C(=O)N(c2ccccc2)C(=O)[C@@H]31. The van der Waals surface area contributed by atoms with Crippen LogP contribution in [0.3, 0.4) is 0 Å². The molecular formula is C26H21NO3S2. The highest BCUT2D eigenvalue weighted by atomic mass is 32.2. The molecule has 0 aromatic heterocycles. The number of carbonyl (C=O) groups excluding carboxylic acids is 3. The lowest BCUT2D eigenvalue weighted by atomic mass is 9.68. The number of imide groups is 1. The first-order valence-corrected chi connectivity index (χ1v) is 12.9. The molecule has 0 radical (unpaired) electrons. The van der Waals surface area contributed by atoms with E-state index < -0.39 is 0 Å². The van der Waals surface area contributed by atoms with Gasteiger partial charge in [-0.15, -0.1) is 11.8 Å². The molecule has 0 unspecified atom stereocenters. The third-order valence-corrected chi connectivity index (χ3v) is 10.9. The van der Waals surface area contributed by atoms with Crippen molar-refractivity contribution in [1.82, 2.24) is 0 Å². The van der Waals surface area contributed by atoms with Crippen molar-refractivity contribution in [1.29, 1.82) is 0 Å².